The third kappa shape index (κ3) is 9.13. The first kappa shape index (κ1) is 40.6. The molecule has 3 amide bonds. The molecule has 0 spiro atoms. The first-order valence-corrected chi connectivity index (χ1v) is 20.4. The number of hydrogen-bond donors (Lipinski definition) is 1. The quantitative estimate of drug-likeness (QED) is 0.140. The van der Waals surface area contributed by atoms with Crippen LogP contribution in [0.1, 0.15) is 95.1 Å². The van der Waals surface area contributed by atoms with E-state index in [1.165, 1.54) is 5.56 Å². The summed E-state index contributed by atoms with van der Waals surface area (Å²) in [6.07, 6.45) is 4.94. The monoisotopic (exact) mass is 760 g/mol. The van der Waals surface area contributed by atoms with E-state index in [1.54, 1.807) is 4.90 Å². The number of likely N-dealkylation sites (N-methyl/N-ethyl adjacent to an activating group) is 1. The lowest BCUT2D eigenvalue weighted by Crippen LogP contribution is -2.43. The van der Waals surface area contributed by atoms with Crippen LogP contribution < -0.4 is 10.1 Å². The number of rotatable bonds is 14. The highest BCUT2D eigenvalue weighted by molar-refractivity contribution is 6.03. The molecule has 10 nitrogen and oxygen atoms in total. The number of carbonyl (C=O) groups excluding carboxylic acids is 3. The average molecular weight is 761 g/mol. The fraction of sp³-hybridized carbons (Fsp3) is 0.457. The van der Waals surface area contributed by atoms with Gasteiger partial charge >= 0.3 is 6.09 Å². The van der Waals surface area contributed by atoms with Gasteiger partial charge in [0.2, 0.25) is 0 Å². The highest BCUT2D eigenvalue weighted by atomic mass is 16.6. The van der Waals surface area contributed by atoms with E-state index in [-0.39, 0.29) is 17.9 Å². The smallest absolute Gasteiger partial charge is 0.410 e. The molecule has 0 unspecified atom stereocenters. The third-order valence-corrected chi connectivity index (χ3v) is 11.4. The van der Waals surface area contributed by atoms with Gasteiger partial charge in [0.25, 0.3) is 11.8 Å². The topological polar surface area (TPSA) is 90.4 Å². The van der Waals surface area contributed by atoms with Crippen molar-refractivity contribution in [2.75, 3.05) is 52.1 Å². The van der Waals surface area contributed by atoms with Crippen LogP contribution in [0.15, 0.2) is 66.7 Å². The van der Waals surface area contributed by atoms with E-state index in [2.05, 4.69) is 59.8 Å². The van der Waals surface area contributed by atoms with Gasteiger partial charge in [-0.2, -0.15) is 0 Å². The second-order valence-electron chi connectivity index (χ2n) is 15.8. The third-order valence-electron chi connectivity index (χ3n) is 11.4. The van der Waals surface area contributed by atoms with Gasteiger partial charge < -0.3 is 34.2 Å². The zero-order chi connectivity index (χ0) is 39.9. The van der Waals surface area contributed by atoms with Crippen LogP contribution in [0, 0.1) is 6.92 Å². The molecular weight excluding hydrogens is 701 g/mol. The summed E-state index contributed by atoms with van der Waals surface area (Å²) in [6.45, 7) is 12.9. The molecule has 0 saturated heterocycles. The molecule has 0 saturated carbocycles. The van der Waals surface area contributed by atoms with Crippen molar-refractivity contribution in [3.05, 3.63) is 106 Å². The molecule has 3 heterocycles. The summed E-state index contributed by atoms with van der Waals surface area (Å²) in [5, 5.41) is 3.38. The maximum absolute atomic E-state index is 14.9. The molecule has 56 heavy (non-hydrogen) atoms. The normalized spacial score (nSPS) is 15.0. The SMILES string of the molecule is CCCCN(CCCC)C(=O)c1cc(-c2cc3c(cc2C(=O)N2Cc4ccccc4C[C@H]2C)CN(C(=O)Oc2ccc(NCCN(C)C)cc2)CC3)n(C)c1C. The van der Waals surface area contributed by atoms with Crippen molar-refractivity contribution in [2.45, 2.75) is 85.4 Å². The summed E-state index contributed by atoms with van der Waals surface area (Å²) in [7, 11) is 6.06. The number of unbranched alkanes of at least 4 members (excludes halogenated alkanes) is 2. The van der Waals surface area contributed by atoms with E-state index in [1.807, 2.05) is 80.3 Å². The molecule has 6 rings (SSSR count). The minimum atomic E-state index is -0.418. The van der Waals surface area contributed by atoms with E-state index in [0.29, 0.717) is 42.9 Å². The van der Waals surface area contributed by atoms with Crippen molar-refractivity contribution in [1.29, 1.82) is 0 Å². The molecule has 298 valence electrons. The van der Waals surface area contributed by atoms with Gasteiger partial charge in [0, 0.05) is 87.1 Å². The predicted molar refractivity (Wildman–Crippen MR) is 224 cm³/mol. The van der Waals surface area contributed by atoms with Crippen molar-refractivity contribution in [1.82, 2.24) is 24.2 Å². The van der Waals surface area contributed by atoms with Crippen LogP contribution in [0.5, 0.6) is 5.75 Å². The maximum atomic E-state index is 14.9. The molecule has 0 fully saturated rings. The number of nitrogens with one attached hydrogen (secondary N) is 1. The van der Waals surface area contributed by atoms with Crippen LogP contribution in [0.25, 0.3) is 11.3 Å². The maximum Gasteiger partial charge on any atom is 0.415 e. The summed E-state index contributed by atoms with van der Waals surface area (Å²) >= 11 is 0. The van der Waals surface area contributed by atoms with Gasteiger partial charge in [0.05, 0.1) is 5.56 Å². The summed E-state index contributed by atoms with van der Waals surface area (Å²) < 4.78 is 7.90. The van der Waals surface area contributed by atoms with Gasteiger partial charge in [-0.25, -0.2) is 4.79 Å². The minimum absolute atomic E-state index is 0.000284. The average Bonchev–Trinajstić information content (AvgIpc) is 3.49. The molecule has 4 aromatic rings. The van der Waals surface area contributed by atoms with Crippen LogP contribution in [-0.4, -0.2) is 94.9 Å². The predicted octanol–water partition coefficient (Wildman–Crippen LogP) is 8.16. The Morgan fingerprint density at radius 3 is 2.21 bits per heavy atom. The number of benzene rings is 3. The minimum Gasteiger partial charge on any atom is -0.410 e. The van der Waals surface area contributed by atoms with Gasteiger partial charge in [0.1, 0.15) is 5.75 Å². The van der Waals surface area contributed by atoms with Crippen LogP contribution >= 0.6 is 0 Å². The molecule has 3 aromatic carbocycles. The molecule has 1 atom stereocenters. The van der Waals surface area contributed by atoms with Crippen molar-refractivity contribution in [3.63, 3.8) is 0 Å². The lowest BCUT2D eigenvalue weighted by Gasteiger charge is -2.36. The van der Waals surface area contributed by atoms with Crippen molar-refractivity contribution < 1.29 is 19.1 Å². The van der Waals surface area contributed by atoms with E-state index in [9.17, 15) is 14.4 Å². The largest absolute Gasteiger partial charge is 0.415 e. The molecule has 10 heteroatoms. The highest BCUT2D eigenvalue weighted by Gasteiger charge is 2.33. The van der Waals surface area contributed by atoms with Crippen molar-refractivity contribution >= 4 is 23.6 Å². The molecule has 2 aliphatic rings. The number of carbonyl (C=O) groups is 3. The van der Waals surface area contributed by atoms with E-state index in [4.69, 9.17) is 4.74 Å². The Hall–Kier alpha value is -5.09. The number of hydrogen-bond acceptors (Lipinski definition) is 6. The van der Waals surface area contributed by atoms with Crippen molar-refractivity contribution in [2.24, 2.45) is 7.05 Å². The fourth-order valence-electron chi connectivity index (χ4n) is 7.85. The Morgan fingerprint density at radius 2 is 1.54 bits per heavy atom. The first-order valence-electron chi connectivity index (χ1n) is 20.4. The van der Waals surface area contributed by atoms with Crippen molar-refractivity contribution in [3.8, 4) is 17.0 Å². The number of nitrogens with zero attached hydrogens (tertiary/aromatic N) is 5. The van der Waals surface area contributed by atoms with Gasteiger partial charge in [-0.3, -0.25) is 9.59 Å². The summed E-state index contributed by atoms with van der Waals surface area (Å²) in [5.74, 6) is 0.475. The molecule has 0 radical (unpaired) electrons. The van der Waals surface area contributed by atoms with Gasteiger partial charge in [0.15, 0.2) is 0 Å². The summed E-state index contributed by atoms with van der Waals surface area (Å²) in [5.41, 5.74) is 9.21. The molecule has 2 aliphatic heterocycles. The van der Waals surface area contributed by atoms with E-state index < -0.39 is 6.09 Å². The van der Waals surface area contributed by atoms with E-state index >= 15 is 0 Å². The molecule has 1 aromatic heterocycles. The van der Waals surface area contributed by atoms with Gasteiger partial charge in [-0.15, -0.1) is 0 Å². The zero-order valence-corrected chi connectivity index (χ0v) is 34.5. The number of ether oxygens (including phenoxy) is 1. The van der Waals surface area contributed by atoms with Crippen LogP contribution in [0.3, 0.4) is 0 Å². The standard InChI is InChI=1S/C46H60N6O4/c1-8-10-22-50(23-11-9-2)44(53)40-29-43(49(7)33(40)4)41-27-35-20-24-51(46(55)56-39-18-16-38(17-19-39)47-21-25-48(5)6)30-37(35)28-42(41)45(54)52-31-36-15-13-12-14-34(36)26-32(52)3/h12-19,27-29,32,47H,8-11,20-26,30-31H2,1-7H3/t32-/m1/s1. The first-order chi connectivity index (χ1) is 27.0. The molecule has 1 N–H and O–H groups in total. The number of fused-ring (bicyclic) bond motifs is 2. The highest BCUT2D eigenvalue weighted by Crippen LogP contribution is 2.36. The molecular formula is C46H60N6O4. The Bertz CT molecular complexity index is 2010. The summed E-state index contributed by atoms with van der Waals surface area (Å²) in [4.78, 5) is 50.3. The number of amides is 3. The second-order valence-corrected chi connectivity index (χ2v) is 15.8. The van der Waals surface area contributed by atoms with Crippen LogP contribution in [0.2, 0.25) is 0 Å². The number of anilines is 1. The lowest BCUT2D eigenvalue weighted by molar-refractivity contribution is 0.0658. The molecule has 0 bridgehead atoms. The Labute approximate surface area is 333 Å². The second kappa shape index (κ2) is 18.2. The Morgan fingerprint density at radius 1 is 0.839 bits per heavy atom. The van der Waals surface area contributed by atoms with Crippen LogP contribution in [0.4, 0.5) is 10.5 Å². The Balaban J connectivity index is 1.31. The zero-order valence-electron chi connectivity index (χ0n) is 34.5. The summed E-state index contributed by atoms with van der Waals surface area (Å²) in [6, 6.07) is 21.9. The van der Waals surface area contributed by atoms with Gasteiger partial charge in [-0.05, 0) is 118 Å². The molecule has 0 aliphatic carbocycles. The van der Waals surface area contributed by atoms with Gasteiger partial charge in [-0.1, -0.05) is 51.0 Å². The van der Waals surface area contributed by atoms with E-state index in [0.717, 1.165) is 97.6 Å². The van der Waals surface area contributed by atoms with Crippen LogP contribution in [-0.2, 0) is 33.0 Å². The number of aromatic nitrogens is 1. The lowest BCUT2D eigenvalue weighted by atomic mass is 9.90. The Kier molecular flexibility index (Phi) is 13.2. The fourth-order valence-corrected chi connectivity index (χ4v) is 7.85.